The Balaban J connectivity index is 1.46. The molecule has 0 amide bonds. The summed E-state index contributed by atoms with van der Waals surface area (Å²) in [6.45, 7) is 1.43. The highest BCUT2D eigenvalue weighted by Gasteiger charge is 2.27. The van der Waals surface area contributed by atoms with Crippen molar-refractivity contribution in [1.29, 1.82) is 5.26 Å². The normalized spacial score (nSPS) is 15.5. The first kappa shape index (κ1) is 18.8. The quantitative estimate of drug-likeness (QED) is 0.626. The third-order valence-corrected chi connectivity index (χ3v) is 5.28. The summed E-state index contributed by atoms with van der Waals surface area (Å²) >= 11 is 0. The zero-order valence-electron chi connectivity index (χ0n) is 16.0. The first-order chi connectivity index (χ1) is 14.3. The second-order valence-corrected chi connectivity index (χ2v) is 7.09. The topological polar surface area (TPSA) is 82.8 Å². The van der Waals surface area contributed by atoms with Crippen molar-refractivity contribution in [2.75, 3.05) is 18.0 Å². The van der Waals surface area contributed by atoms with E-state index in [0.717, 1.165) is 18.4 Å². The number of nitrogens with zero attached hydrogens (tertiary/aromatic N) is 5. The highest BCUT2D eigenvalue weighted by Crippen LogP contribution is 2.26. The van der Waals surface area contributed by atoms with Gasteiger partial charge >= 0.3 is 0 Å². The van der Waals surface area contributed by atoms with E-state index < -0.39 is 5.92 Å². The number of piperidine rings is 1. The first-order valence-corrected chi connectivity index (χ1v) is 9.74. The highest BCUT2D eigenvalue weighted by molar-refractivity contribution is 5.97. The summed E-state index contributed by atoms with van der Waals surface area (Å²) in [6.07, 6.45) is 4.90. The Bertz CT molecular complexity index is 1010. The number of nitriles is 1. The number of pyridine rings is 1. The van der Waals surface area contributed by atoms with E-state index in [1.54, 1.807) is 18.5 Å². The van der Waals surface area contributed by atoms with Crippen molar-refractivity contribution in [3.8, 4) is 6.07 Å². The standard InChI is InChI=1S/C23H21N5O/c24-16-19(20-8-4-5-12-25-20)21-9-13-26-23(27-21)28-14-10-18(11-15-28)22(29)17-6-2-1-3-7-17/h1-9,12-13,18-19H,10-11,14-15H2. The summed E-state index contributed by atoms with van der Waals surface area (Å²) in [6, 6.07) is 19.0. The van der Waals surface area contributed by atoms with Crippen LogP contribution in [0.5, 0.6) is 0 Å². The van der Waals surface area contributed by atoms with Gasteiger partial charge in [-0.05, 0) is 31.0 Å². The Morgan fingerprint density at radius 1 is 0.966 bits per heavy atom. The minimum Gasteiger partial charge on any atom is -0.341 e. The molecule has 0 bridgehead atoms. The fraction of sp³-hybridized carbons (Fsp3) is 0.261. The molecule has 2 aromatic heterocycles. The third kappa shape index (κ3) is 4.14. The molecule has 1 saturated heterocycles. The minimum absolute atomic E-state index is 0.0252. The van der Waals surface area contributed by atoms with Crippen LogP contribution in [0.15, 0.2) is 67.0 Å². The van der Waals surface area contributed by atoms with E-state index in [9.17, 15) is 10.1 Å². The Labute approximate surface area is 169 Å². The highest BCUT2D eigenvalue weighted by atomic mass is 16.1. The zero-order valence-corrected chi connectivity index (χ0v) is 16.0. The molecule has 0 spiro atoms. The van der Waals surface area contributed by atoms with Crippen molar-refractivity contribution < 1.29 is 4.79 Å². The van der Waals surface area contributed by atoms with E-state index in [1.165, 1.54) is 0 Å². The minimum atomic E-state index is -0.532. The average Bonchev–Trinajstić information content (AvgIpc) is 2.81. The van der Waals surface area contributed by atoms with Gasteiger partial charge < -0.3 is 4.90 Å². The molecule has 0 saturated carbocycles. The van der Waals surface area contributed by atoms with Crippen LogP contribution < -0.4 is 4.90 Å². The van der Waals surface area contributed by atoms with E-state index in [1.807, 2.05) is 48.5 Å². The molecule has 3 aromatic rings. The van der Waals surface area contributed by atoms with Crippen LogP contribution in [0.25, 0.3) is 0 Å². The van der Waals surface area contributed by atoms with Gasteiger partial charge in [0.05, 0.1) is 17.5 Å². The first-order valence-electron chi connectivity index (χ1n) is 9.74. The van der Waals surface area contributed by atoms with Crippen LogP contribution in [0.3, 0.4) is 0 Å². The van der Waals surface area contributed by atoms with E-state index in [4.69, 9.17) is 0 Å². The Kier molecular flexibility index (Phi) is 5.57. The van der Waals surface area contributed by atoms with Crippen LogP contribution >= 0.6 is 0 Å². The zero-order chi connectivity index (χ0) is 20.1. The Morgan fingerprint density at radius 2 is 1.72 bits per heavy atom. The van der Waals surface area contributed by atoms with Crippen LogP contribution in [-0.2, 0) is 0 Å². The molecule has 6 nitrogen and oxygen atoms in total. The van der Waals surface area contributed by atoms with Gasteiger partial charge in [-0.1, -0.05) is 36.4 Å². The molecule has 1 atom stereocenters. The van der Waals surface area contributed by atoms with E-state index in [-0.39, 0.29) is 11.7 Å². The van der Waals surface area contributed by atoms with Gasteiger partial charge in [-0.15, -0.1) is 0 Å². The van der Waals surface area contributed by atoms with Gasteiger partial charge in [0.1, 0.15) is 5.92 Å². The molecule has 6 heteroatoms. The summed E-state index contributed by atoms with van der Waals surface area (Å²) < 4.78 is 0. The fourth-order valence-electron chi connectivity index (χ4n) is 3.69. The number of ketones is 1. The van der Waals surface area contributed by atoms with Crippen molar-refractivity contribution in [2.24, 2.45) is 5.92 Å². The van der Waals surface area contributed by atoms with E-state index in [2.05, 4.69) is 25.9 Å². The number of Topliss-reactive ketones (excluding diaryl/α,β-unsaturated/α-hetero) is 1. The van der Waals surface area contributed by atoms with E-state index in [0.29, 0.717) is 30.4 Å². The second-order valence-electron chi connectivity index (χ2n) is 7.09. The molecule has 1 aromatic carbocycles. The predicted octanol–water partition coefficient (Wildman–Crippen LogP) is 3.63. The maximum absolute atomic E-state index is 12.7. The molecule has 0 aliphatic carbocycles. The summed E-state index contributed by atoms with van der Waals surface area (Å²) in [4.78, 5) is 28.1. The number of rotatable bonds is 5. The lowest BCUT2D eigenvalue weighted by molar-refractivity contribution is 0.0900. The van der Waals surface area contributed by atoms with Gasteiger partial charge in [0, 0.05) is 37.0 Å². The molecular formula is C23H21N5O. The van der Waals surface area contributed by atoms with Crippen molar-refractivity contribution in [3.05, 3.63) is 83.9 Å². The lowest BCUT2D eigenvalue weighted by atomic mass is 9.89. The van der Waals surface area contributed by atoms with E-state index >= 15 is 0 Å². The lowest BCUT2D eigenvalue weighted by Gasteiger charge is -2.31. The number of anilines is 1. The van der Waals surface area contributed by atoms with Crippen molar-refractivity contribution in [3.63, 3.8) is 0 Å². The smallest absolute Gasteiger partial charge is 0.225 e. The number of aromatic nitrogens is 3. The number of hydrogen-bond acceptors (Lipinski definition) is 6. The van der Waals surface area contributed by atoms with Crippen LogP contribution in [0.2, 0.25) is 0 Å². The summed E-state index contributed by atoms with van der Waals surface area (Å²) in [5, 5.41) is 9.64. The molecule has 4 rings (SSSR count). The van der Waals surface area contributed by atoms with Crippen LogP contribution in [-0.4, -0.2) is 33.8 Å². The van der Waals surface area contributed by atoms with Gasteiger partial charge in [0.25, 0.3) is 0 Å². The molecule has 1 unspecified atom stereocenters. The van der Waals surface area contributed by atoms with Gasteiger partial charge in [-0.2, -0.15) is 5.26 Å². The average molecular weight is 383 g/mol. The summed E-state index contributed by atoms with van der Waals surface area (Å²) in [7, 11) is 0. The van der Waals surface area contributed by atoms with Gasteiger partial charge in [0.2, 0.25) is 5.95 Å². The number of hydrogen-bond donors (Lipinski definition) is 0. The fourth-order valence-corrected chi connectivity index (χ4v) is 3.69. The maximum Gasteiger partial charge on any atom is 0.225 e. The van der Waals surface area contributed by atoms with Crippen LogP contribution in [0.4, 0.5) is 5.95 Å². The van der Waals surface area contributed by atoms with Crippen molar-refractivity contribution in [2.45, 2.75) is 18.8 Å². The maximum atomic E-state index is 12.7. The Hall–Kier alpha value is -3.59. The van der Waals surface area contributed by atoms with Crippen LogP contribution in [0, 0.1) is 17.2 Å². The van der Waals surface area contributed by atoms with Gasteiger partial charge in [-0.3, -0.25) is 9.78 Å². The molecule has 3 heterocycles. The number of carbonyl (C=O) groups is 1. The SMILES string of the molecule is N#CC(c1ccccn1)c1ccnc(N2CCC(C(=O)c3ccccc3)CC2)n1. The van der Waals surface area contributed by atoms with Crippen LogP contribution in [0.1, 0.15) is 40.5 Å². The molecule has 144 valence electrons. The second kappa shape index (κ2) is 8.61. The summed E-state index contributed by atoms with van der Waals surface area (Å²) in [5.41, 5.74) is 2.09. The lowest BCUT2D eigenvalue weighted by Crippen LogP contribution is -2.37. The number of carbonyl (C=O) groups excluding carboxylic acids is 1. The number of benzene rings is 1. The largest absolute Gasteiger partial charge is 0.341 e. The molecule has 1 aliphatic rings. The molecular weight excluding hydrogens is 362 g/mol. The molecule has 29 heavy (non-hydrogen) atoms. The predicted molar refractivity (Wildman–Crippen MR) is 109 cm³/mol. The summed E-state index contributed by atoms with van der Waals surface area (Å²) in [5.74, 6) is 0.302. The molecule has 0 radical (unpaired) electrons. The van der Waals surface area contributed by atoms with Gasteiger partial charge in [0.15, 0.2) is 5.78 Å². The van der Waals surface area contributed by atoms with Gasteiger partial charge in [-0.25, -0.2) is 9.97 Å². The monoisotopic (exact) mass is 383 g/mol. The molecule has 1 fully saturated rings. The van der Waals surface area contributed by atoms with Crippen molar-refractivity contribution in [1.82, 2.24) is 15.0 Å². The molecule has 0 N–H and O–H groups in total. The van der Waals surface area contributed by atoms with Crippen molar-refractivity contribution >= 4 is 11.7 Å². The molecule has 1 aliphatic heterocycles. The third-order valence-electron chi connectivity index (χ3n) is 5.28. The Morgan fingerprint density at radius 3 is 2.41 bits per heavy atom.